The molecule has 0 amide bonds. The maximum absolute atomic E-state index is 5.27. The molecule has 250 valence electrons. The molecular formula is C49H34N4. The Hall–Kier alpha value is -7.17. The monoisotopic (exact) mass is 678 g/mol. The number of nitrogens with zero attached hydrogens (tertiary/aromatic N) is 4. The van der Waals surface area contributed by atoms with Gasteiger partial charge in [-0.25, -0.2) is 15.0 Å². The molecule has 0 aliphatic rings. The van der Waals surface area contributed by atoms with E-state index in [2.05, 4.69) is 139 Å². The third-order valence-corrected chi connectivity index (χ3v) is 9.76. The van der Waals surface area contributed by atoms with E-state index in [1.807, 2.05) is 60.7 Å². The van der Waals surface area contributed by atoms with Crippen LogP contribution >= 0.6 is 0 Å². The second-order valence-corrected chi connectivity index (χ2v) is 13.0. The molecule has 0 atom stereocenters. The highest BCUT2D eigenvalue weighted by Gasteiger charge is 2.16. The Morgan fingerprint density at radius 1 is 0.566 bits per heavy atom. The molecule has 9 aromatic rings. The lowest BCUT2D eigenvalue weighted by molar-refractivity contribution is 1.22. The molecule has 0 N–H and O–H groups in total. The van der Waals surface area contributed by atoms with Crippen molar-refractivity contribution in [3.8, 4) is 33.5 Å². The van der Waals surface area contributed by atoms with Gasteiger partial charge in [-0.05, 0) is 57.8 Å². The van der Waals surface area contributed by atoms with Crippen LogP contribution in [0.2, 0.25) is 0 Å². The van der Waals surface area contributed by atoms with Crippen LogP contribution in [0, 0.1) is 0 Å². The average Bonchev–Trinajstić information content (AvgIpc) is 3.62. The molecule has 3 aromatic heterocycles. The molecule has 53 heavy (non-hydrogen) atoms. The fraction of sp³-hybridized carbons (Fsp3) is 0. The maximum Gasteiger partial charge on any atom is 0.137 e. The molecule has 0 spiro atoms. The van der Waals surface area contributed by atoms with Gasteiger partial charge in [0.2, 0.25) is 0 Å². The summed E-state index contributed by atoms with van der Waals surface area (Å²) in [6, 6.07) is 58.5. The zero-order valence-corrected chi connectivity index (χ0v) is 29.0. The van der Waals surface area contributed by atoms with Gasteiger partial charge in [0.1, 0.15) is 11.2 Å². The van der Waals surface area contributed by atoms with E-state index < -0.39 is 0 Å². The summed E-state index contributed by atoms with van der Waals surface area (Å²) in [5.41, 5.74) is 13.9. The second kappa shape index (κ2) is 13.5. The van der Waals surface area contributed by atoms with Crippen LogP contribution in [0.3, 0.4) is 0 Å². The van der Waals surface area contributed by atoms with Gasteiger partial charge in [-0.3, -0.25) is 4.40 Å². The van der Waals surface area contributed by atoms with Crippen molar-refractivity contribution < 1.29 is 0 Å². The first-order valence-corrected chi connectivity index (χ1v) is 17.7. The van der Waals surface area contributed by atoms with Gasteiger partial charge in [-0.1, -0.05) is 159 Å². The number of fused-ring (bicyclic) bond motifs is 5. The van der Waals surface area contributed by atoms with Crippen LogP contribution in [0.1, 0.15) is 11.1 Å². The second-order valence-electron chi connectivity index (χ2n) is 13.0. The smallest absolute Gasteiger partial charge is 0.137 e. The number of hydrogen-bond acceptors (Lipinski definition) is 3. The van der Waals surface area contributed by atoms with Crippen LogP contribution in [0.15, 0.2) is 194 Å². The van der Waals surface area contributed by atoms with Crippen molar-refractivity contribution in [2.24, 2.45) is 4.99 Å². The number of imidazole rings is 1. The highest BCUT2D eigenvalue weighted by molar-refractivity contribution is 6.11. The normalized spacial score (nSPS) is 12.3. The van der Waals surface area contributed by atoms with Crippen molar-refractivity contribution in [1.29, 1.82) is 0 Å². The first-order chi connectivity index (χ1) is 26.1. The fourth-order valence-electron chi connectivity index (χ4n) is 7.07. The molecule has 0 bridgehead atoms. The van der Waals surface area contributed by atoms with E-state index in [4.69, 9.17) is 15.0 Å². The van der Waals surface area contributed by atoms with Gasteiger partial charge in [0, 0.05) is 33.5 Å². The Balaban J connectivity index is 1.09. The summed E-state index contributed by atoms with van der Waals surface area (Å²) in [4.78, 5) is 15.4. The molecule has 9 rings (SSSR count). The largest absolute Gasteiger partial charge is 0.298 e. The zero-order valence-electron chi connectivity index (χ0n) is 29.0. The van der Waals surface area contributed by atoms with Gasteiger partial charge in [-0.2, -0.15) is 0 Å². The van der Waals surface area contributed by atoms with Crippen molar-refractivity contribution in [2.75, 3.05) is 0 Å². The van der Waals surface area contributed by atoms with Crippen LogP contribution in [0.25, 0.3) is 73.4 Å². The van der Waals surface area contributed by atoms with Gasteiger partial charge in [-0.15, -0.1) is 0 Å². The van der Waals surface area contributed by atoms with E-state index in [9.17, 15) is 0 Å². The van der Waals surface area contributed by atoms with Crippen molar-refractivity contribution in [3.05, 3.63) is 210 Å². The third-order valence-electron chi connectivity index (χ3n) is 9.76. The summed E-state index contributed by atoms with van der Waals surface area (Å²) in [6.07, 6.45) is 3.89. The Morgan fingerprint density at radius 2 is 1.23 bits per heavy atom. The lowest BCUT2D eigenvalue weighted by atomic mass is 9.99. The van der Waals surface area contributed by atoms with Gasteiger partial charge in [0.25, 0.3) is 0 Å². The molecule has 0 aliphatic carbocycles. The lowest BCUT2D eigenvalue weighted by Gasteiger charge is -2.11. The van der Waals surface area contributed by atoms with Gasteiger partial charge in [0.05, 0.1) is 28.1 Å². The quantitative estimate of drug-likeness (QED) is 0.158. The molecule has 0 aliphatic heterocycles. The van der Waals surface area contributed by atoms with Gasteiger partial charge in [0.15, 0.2) is 0 Å². The SMILES string of the molecule is C=C/C(=N\C(c1ccc(-c2ccc(-c3nc4ccccc4c4nc5ccccn5c34)cc2)cc1)=c1\ccccc1=C)c1cccc(-c2ccccc2)c1. The van der Waals surface area contributed by atoms with E-state index >= 15 is 0 Å². The molecule has 0 unspecified atom stereocenters. The van der Waals surface area contributed by atoms with Gasteiger partial charge < -0.3 is 0 Å². The molecule has 0 saturated heterocycles. The van der Waals surface area contributed by atoms with Crippen LogP contribution < -0.4 is 10.4 Å². The number of pyridine rings is 2. The fourth-order valence-corrected chi connectivity index (χ4v) is 7.07. The summed E-state index contributed by atoms with van der Waals surface area (Å²) in [6.45, 7) is 8.51. The van der Waals surface area contributed by atoms with E-state index in [0.717, 1.165) is 94.1 Å². The molecule has 4 nitrogen and oxygen atoms in total. The maximum atomic E-state index is 5.27. The number of benzene rings is 6. The third kappa shape index (κ3) is 5.92. The first-order valence-electron chi connectivity index (χ1n) is 17.7. The summed E-state index contributed by atoms with van der Waals surface area (Å²) >= 11 is 0. The minimum atomic E-state index is 0.795. The number of para-hydroxylation sites is 1. The van der Waals surface area contributed by atoms with Crippen LogP contribution in [-0.4, -0.2) is 20.1 Å². The molecule has 0 fully saturated rings. The van der Waals surface area contributed by atoms with E-state index in [1.54, 1.807) is 0 Å². The Labute approximate surface area is 307 Å². The summed E-state index contributed by atoms with van der Waals surface area (Å²) in [5.74, 6) is 0. The van der Waals surface area contributed by atoms with Gasteiger partial charge >= 0.3 is 0 Å². The number of aliphatic imine (C=N–C) groups is 1. The number of allylic oxidation sites excluding steroid dienone is 1. The Bertz CT molecular complexity index is 2960. The van der Waals surface area contributed by atoms with E-state index in [1.165, 1.54) is 0 Å². The predicted octanol–water partition coefficient (Wildman–Crippen LogP) is 10.3. The van der Waals surface area contributed by atoms with Crippen molar-refractivity contribution in [3.63, 3.8) is 0 Å². The van der Waals surface area contributed by atoms with Crippen LogP contribution in [-0.2, 0) is 0 Å². The molecule has 0 radical (unpaired) electrons. The molecule has 3 heterocycles. The molecular weight excluding hydrogens is 645 g/mol. The molecule has 4 heteroatoms. The Kier molecular flexibility index (Phi) is 8.10. The minimum Gasteiger partial charge on any atom is -0.298 e. The molecule has 6 aromatic carbocycles. The predicted molar refractivity (Wildman–Crippen MR) is 221 cm³/mol. The molecule has 0 saturated carbocycles. The topological polar surface area (TPSA) is 42.5 Å². The number of aromatic nitrogens is 3. The van der Waals surface area contributed by atoms with Crippen molar-refractivity contribution >= 4 is 45.6 Å². The van der Waals surface area contributed by atoms with E-state index in [0.29, 0.717) is 0 Å². The van der Waals surface area contributed by atoms with Crippen LogP contribution in [0.5, 0.6) is 0 Å². The highest BCUT2D eigenvalue weighted by Crippen LogP contribution is 2.34. The average molecular weight is 679 g/mol. The summed E-state index contributed by atoms with van der Waals surface area (Å²) in [7, 11) is 0. The summed E-state index contributed by atoms with van der Waals surface area (Å²) in [5, 5.41) is 2.94. The highest BCUT2D eigenvalue weighted by atomic mass is 15.0. The minimum absolute atomic E-state index is 0.795. The van der Waals surface area contributed by atoms with Crippen molar-refractivity contribution in [1.82, 2.24) is 14.4 Å². The standard InChI is InChI=1S/C49H34N4/c1-3-43(40-18-13-17-39(32-40)34-15-5-4-6-16-34)50-46(41-19-8-7-14-33(41)2)37-27-23-35(24-28-37)36-25-29-38(30-26-36)47-49-48(42-20-9-10-21-44(42)51-47)52-45-22-11-12-31-53(45)49/h3-32H,1-2H2/b46-41-,50-43+. The van der Waals surface area contributed by atoms with Crippen molar-refractivity contribution in [2.45, 2.75) is 0 Å². The van der Waals surface area contributed by atoms with E-state index in [-0.39, 0.29) is 0 Å². The van der Waals surface area contributed by atoms with Crippen LogP contribution in [0.4, 0.5) is 0 Å². The first kappa shape index (κ1) is 31.8. The Morgan fingerprint density at radius 3 is 2.02 bits per heavy atom. The number of hydrogen-bond donors (Lipinski definition) is 0. The number of rotatable bonds is 7. The zero-order chi connectivity index (χ0) is 35.7. The lowest BCUT2D eigenvalue weighted by Crippen LogP contribution is -2.25. The summed E-state index contributed by atoms with van der Waals surface area (Å²) < 4.78 is 2.13.